The van der Waals surface area contributed by atoms with Gasteiger partial charge >= 0.3 is 0 Å². The van der Waals surface area contributed by atoms with Gasteiger partial charge in [-0.25, -0.2) is 4.39 Å². The van der Waals surface area contributed by atoms with Gasteiger partial charge in [-0.15, -0.1) is 0 Å². The quantitative estimate of drug-likeness (QED) is 0.860. The molecule has 1 rings (SSSR count). The van der Waals surface area contributed by atoms with E-state index < -0.39 is 18.0 Å². The molecule has 0 heterocycles. The summed E-state index contributed by atoms with van der Waals surface area (Å²) < 4.78 is 13.5. The highest BCUT2D eigenvalue weighted by atomic mass is 32.2. The second-order valence-electron chi connectivity index (χ2n) is 3.99. The molecule has 0 aliphatic heterocycles. The van der Waals surface area contributed by atoms with Crippen molar-refractivity contribution in [3.8, 4) is 6.07 Å². The Bertz CT molecular complexity index is 501. The van der Waals surface area contributed by atoms with Crippen molar-refractivity contribution in [3.63, 3.8) is 0 Å². The second kappa shape index (κ2) is 7.24. The molecular weight excluding hydrogens is 269 g/mol. The van der Waals surface area contributed by atoms with Crippen LogP contribution < -0.4 is 0 Å². The first-order valence-corrected chi connectivity index (χ1v) is 6.63. The van der Waals surface area contributed by atoms with Crippen LogP contribution in [0.5, 0.6) is 0 Å². The van der Waals surface area contributed by atoms with Gasteiger partial charge in [0, 0.05) is 18.2 Å². The molecule has 0 radical (unpaired) electrons. The number of carbonyl (C=O) groups excluding carboxylic acids is 1. The first kappa shape index (κ1) is 15.6. The average Bonchev–Trinajstić information content (AvgIpc) is 2.38. The summed E-state index contributed by atoms with van der Waals surface area (Å²) in [4.78, 5) is 10.7. The third-order valence-electron chi connectivity index (χ3n) is 2.53. The lowest BCUT2D eigenvalue weighted by Crippen LogP contribution is -2.20. The van der Waals surface area contributed by atoms with Crippen LogP contribution in [0.15, 0.2) is 18.2 Å². The van der Waals surface area contributed by atoms with E-state index in [4.69, 9.17) is 5.26 Å². The molecule has 2 atom stereocenters. The van der Waals surface area contributed by atoms with Gasteiger partial charge in [0.2, 0.25) is 0 Å². The van der Waals surface area contributed by atoms with Crippen molar-refractivity contribution in [1.82, 2.24) is 0 Å². The number of hydrogen-bond acceptors (Lipinski definition) is 5. The van der Waals surface area contributed by atoms with Crippen LogP contribution in [-0.2, 0) is 4.79 Å². The third-order valence-corrected chi connectivity index (χ3v) is 3.37. The topological polar surface area (TPSA) is 81.3 Å². The number of nitrogens with zero attached hydrogens (tertiary/aromatic N) is 1. The molecule has 0 saturated carbocycles. The first-order valence-electron chi connectivity index (χ1n) is 5.64. The molecule has 2 unspecified atom stereocenters. The van der Waals surface area contributed by atoms with Crippen molar-refractivity contribution in [1.29, 1.82) is 5.26 Å². The zero-order valence-electron chi connectivity index (χ0n) is 10.3. The third kappa shape index (κ3) is 4.63. The van der Waals surface area contributed by atoms with E-state index in [1.165, 1.54) is 19.1 Å². The molecule has 0 fully saturated rings. The summed E-state index contributed by atoms with van der Waals surface area (Å²) in [6.45, 7) is 1.41. The number of halogens is 1. The Morgan fingerprint density at radius 3 is 2.79 bits per heavy atom. The molecule has 0 bridgehead atoms. The number of benzene rings is 1. The lowest BCUT2D eigenvalue weighted by Gasteiger charge is -2.18. The molecule has 1 aromatic carbocycles. The number of rotatable bonds is 5. The van der Waals surface area contributed by atoms with Crippen molar-refractivity contribution in [2.45, 2.75) is 25.6 Å². The van der Waals surface area contributed by atoms with Crippen LogP contribution >= 0.6 is 11.8 Å². The van der Waals surface area contributed by atoms with E-state index in [1.54, 1.807) is 0 Å². The van der Waals surface area contributed by atoms with Gasteiger partial charge in [0.1, 0.15) is 11.9 Å². The molecule has 6 heteroatoms. The van der Waals surface area contributed by atoms with Gasteiger partial charge in [-0.2, -0.15) is 5.26 Å². The van der Waals surface area contributed by atoms with E-state index in [-0.39, 0.29) is 22.7 Å². The minimum Gasteiger partial charge on any atom is -0.390 e. The molecule has 0 spiro atoms. The Balaban J connectivity index is 2.73. The van der Waals surface area contributed by atoms with Crippen molar-refractivity contribution in [2.75, 3.05) is 5.75 Å². The van der Waals surface area contributed by atoms with E-state index in [0.29, 0.717) is 5.75 Å². The maximum absolute atomic E-state index is 13.5. The van der Waals surface area contributed by atoms with E-state index in [1.807, 2.05) is 6.07 Å². The molecule has 102 valence electrons. The highest BCUT2D eigenvalue weighted by Crippen LogP contribution is 2.24. The van der Waals surface area contributed by atoms with Crippen LogP contribution in [0.2, 0.25) is 0 Å². The largest absolute Gasteiger partial charge is 0.390 e. The maximum atomic E-state index is 13.5. The highest BCUT2D eigenvalue weighted by molar-refractivity contribution is 8.13. The van der Waals surface area contributed by atoms with Crippen molar-refractivity contribution in [3.05, 3.63) is 35.1 Å². The van der Waals surface area contributed by atoms with Gasteiger partial charge in [0.15, 0.2) is 5.12 Å². The van der Waals surface area contributed by atoms with Gasteiger partial charge in [-0.1, -0.05) is 11.8 Å². The Kier molecular flexibility index (Phi) is 5.96. The monoisotopic (exact) mass is 283 g/mol. The van der Waals surface area contributed by atoms with E-state index >= 15 is 0 Å². The molecule has 0 aliphatic carbocycles. The number of aliphatic hydroxyl groups excluding tert-OH is 2. The molecule has 0 amide bonds. The predicted octanol–water partition coefficient (Wildman–Crippen LogP) is 1.76. The predicted molar refractivity (Wildman–Crippen MR) is 69.8 cm³/mol. The smallest absolute Gasteiger partial charge is 0.185 e. The summed E-state index contributed by atoms with van der Waals surface area (Å²) in [5.74, 6) is -0.336. The van der Waals surface area contributed by atoms with Crippen molar-refractivity contribution < 1.29 is 19.4 Å². The number of thioether (sulfide) groups is 1. The summed E-state index contributed by atoms with van der Waals surface area (Å²) in [5, 5.41) is 28.2. The molecule has 0 aliphatic rings. The van der Waals surface area contributed by atoms with Crippen LogP contribution in [0, 0.1) is 17.1 Å². The van der Waals surface area contributed by atoms with E-state index in [0.717, 1.165) is 17.8 Å². The van der Waals surface area contributed by atoms with Gasteiger partial charge in [0.05, 0.1) is 17.7 Å². The second-order valence-corrected chi connectivity index (χ2v) is 5.26. The first-order chi connectivity index (χ1) is 8.95. The SMILES string of the molecule is CC(=O)SCCC(O)C(O)c1cc(C#N)ccc1F. The summed E-state index contributed by atoms with van der Waals surface area (Å²) >= 11 is 1.03. The number of carbonyl (C=O) groups is 1. The fraction of sp³-hybridized carbons (Fsp3) is 0.385. The standard InChI is InChI=1S/C13H14FNO3S/c1-8(16)19-5-4-12(17)13(18)10-6-9(7-15)2-3-11(10)14/h2-3,6,12-13,17-18H,4-5H2,1H3. The van der Waals surface area contributed by atoms with Crippen LogP contribution in [0.3, 0.4) is 0 Å². The Morgan fingerprint density at radius 1 is 1.53 bits per heavy atom. The Morgan fingerprint density at radius 2 is 2.21 bits per heavy atom. The molecule has 19 heavy (non-hydrogen) atoms. The fourth-order valence-electron chi connectivity index (χ4n) is 1.53. The molecule has 1 aromatic rings. The van der Waals surface area contributed by atoms with E-state index in [9.17, 15) is 19.4 Å². The van der Waals surface area contributed by atoms with Crippen LogP contribution in [-0.4, -0.2) is 27.2 Å². The summed E-state index contributed by atoms with van der Waals surface area (Å²) in [7, 11) is 0. The molecule has 4 nitrogen and oxygen atoms in total. The average molecular weight is 283 g/mol. The van der Waals surface area contributed by atoms with Crippen LogP contribution in [0.25, 0.3) is 0 Å². The van der Waals surface area contributed by atoms with Gasteiger partial charge < -0.3 is 10.2 Å². The molecular formula is C13H14FNO3S. The Labute approximate surface area is 114 Å². The maximum Gasteiger partial charge on any atom is 0.185 e. The van der Waals surface area contributed by atoms with Gasteiger partial charge in [-0.3, -0.25) is 4.79 Å². The van der Waals surface area contributed by atoms with Gasteiger partial charge in [0.25, 0.3) is 0 Å². The zero-order valence-corrected chi connectivity index (χ0v) is 11.2. The van der Waals surface area contributed by atoms with Gasteiger partial charge in [-0.05, 0) is 24.6 Å². The van der Waals surface area contributed by atoms with Crippen LogP contribution in [0.4, 0.5) is 4.39 Å². The summed E-state index contributed by atoms with van der Waals surface area (Å²) in [6.07, 6.45) is -2.45. The van der Waals surface area contributed by atoms with Crippen LogP contribution in [0.1, 0.15) is 30.6 Å². The van der Waals surface area contributed by atoms with Crippen molar-refractivity contribution >= 4 is 16.9 Å². The molecule has 0 aromatic heterocycles. The minimum absolute atomic E-state index is 0.0839. The minimum atomic E-state index is -1.42. The lowest BCUT2D eigenvalue weighted by molar-refractivity contribution is -0.109. The molecule has 0 saturated heterocycles. The fourth-order valence-corrected chi connectivity index (χ4v) is 2.18. The molecule has 2 N–H and O–H groups in total. The number of hydrogen-bond donors (Lipinski definition) is 2. The zero-order chi connectivity index (χ0) is 14.4. The lowest BCUT2D eigenvalue weighted by atomic mass is 10.0. The summed E-state index contributed by atoms with van der Waals surface area (Å²) in [6, 6.07) is 5.42. The Hall–Kier alpha value is -1.42. The number of aliphatic hydroxyl groups is 2. The van der Waals surface area contributed by atoms with Crippen molar-refractivity contribution in [2.24, 2.45) is 0 Å². The van der Waals surface area contributed by atoms with E-state index in [2.05, 4.69) is 0 Å². The normalized spacial score (nSPS) is 13.6. The number of nitriles is 1. The highest BCUT2D eigenvalue weighted by Gasteiger charge is 2.22. The summed E-state index contributed by atoms with van der Waals surface area (Å²) in [5.41, 5.74) is 0.0973.